The topological polar surface area (TPSA) is 46.3 Å². The average Bonchev–Trinajstić information content (AvgIpc) is 3.09. The Hall–Kier alpha value is -0.570. The van der Waals surface area contributed by atoms with E-state index in [4.69, 9.17) is 5.73 Å². The van der Waals surface area contributed by atoms with Gasteiger partial charge < -0.3 is 10.6 Å². The molecule has 0 spiro atoms. The summed E-state index contributed by atoms with van der Waals surface area (Å²) >= 11 is 0. The van der Waals surface area contributed by atoms with Crippen molar-refractivity contribution in [3.63, 3.8) is 0 Å². The molecule has 2 rings (SSSR count). The first-order valence-electron chi connectivity index (χ1n) is 7.11. The molecule has 0 heterocycles. The Morgan fingerprint density at radius 1 is 1.24 bits per heavy atom. The Morgan fingerprint density at radius 2 is 1.71 bits per heavy atom. The molecule has 0 aromatic carbocycles. The number of carbonyl (C=O) groups excluding carboxylic acids is 1. The molecule has 2 fully saturated rings. The molecule has 2 aliphatic carbocycles. The smallest absolute Gasteiger partial charge is 0.242 e. The summed E-state index contributed by atoms with van der Waals surface area (Å²) in [6, 6.07) is 0. The largest absolute Gasteiger partial charge is 0.341 e. The maximum Gasteiger partial charge on any atom is 0.242 e. The molecule has 1 unspecified atom stereocenters. The lowest BCUT2D eigenvalue weighted by atomic mass is 9.95. The van der Waals surface area contributed by atoms with E-state index in [9.17, 15) is 4.79 Å². The number of amides is 1. The van der Waals surface area contributed by atoms with E-state index in [2.05, 4.69) is 11.8 Å². The third-order valence-electron chi connectivity index (χ3n) is 3.90. The normalized spacial score (nSPS) is 23.2. The Bertz CT molecular complexity index is 266. The van der Waals surface area contributed by atoms with Gasteiger partial charge >= 0.3 is 0 Å². The van der Waals surface area contributed by atoms with Crippen LogP contribution in [0.5, 0.6) is 0 Å². The van der Waals surface area contributed by atoms with Crippen molar-refractivity contribution in [3.05, 3.63) is 0 Å². The monoisotopic (exact) mass is 238 g/mol. The fourth-order valence-corrected chi connectivity index (χ4v) is 2.45. The summed E-state index contributed by atoms with van der Waals surface area (Å²) in [5, 5.41) is 0. The summed E-state index contributed by atoms with van der Waals surface area (Å²) in [6.07, 6.45) is 6.94. The standard InChI is InChI=1S/C14H26N2O/c1-3-8-14(2,15)13(17)16(9-11-4-5-11)10-12-6-7-12/h11-12H,3-10,15H2,1-2H3. The summed E-state index contributed by atoms with van der Waals surface area (Å²) in [5.74, 6) is 1.70. The first kappa shape index (κ1) is 12.9. The molecule has 1 amide bonds. The highest BCUT2D eigenvalue weighted by atomic mass is 16.2. The SMILES string of the molecule is CCCC(C)(N)C(=O)N(CC1CC1)CC1CC1. The quantitative estimate of drug-likeness (QED) is 0.738. The van der Waals surface area contributed by atoms with E-state index < -0.39 is 5.54 Å². The maximum atomic E-state index is 12.5. The van der Waals surface area contributed by atoms with Gasteiger partial charge in [-0.1, -0.05) is 13.3 Å². The van der Waals surface area contributed by atoms with E-state index in [0.717, 1.165) is 37.8 Å². The van der Waals surface area contributed by atoms with E-state index in [1.165, 1.54) is 25.7 Å². The lowest BCUT2D eigenvalue weighted by molar-refractivity contribution is -0.137. The van der Waals surface area contributed by atoms with Crippen LogP contribution in [0.2, 0.25) is 0 Å². The number of nitrogens with two attached hydrogens (primary N) is 1. The van der Waals surface area contributed by atoms with Crippen molar-refractivity contribution < 1.29 is 4.79 Å². The van der Waals surface area contributed by atoms with Crippen molar-refractivity contribution in [2.45, 2.75) is 57.9 Å². The van der Waals surface area contributed by atoms with Crippen molar-refractivity contribution in [2.75, 3.05) is 13.1 Å². The first-order valence-corrected chi connectivity index (χ1v) is 7.11. The van der Waals surface area contributed by atoms with Gasteiger partial charge in [0, 0.05) is 13.1 Å². The van der Waals surface area contributed by atoms with Gasteiger partial charge in [0.15, 0.2) is 0 Å². The average molecular weight is 238 g/mol. The number of hydrogen-bond donors (Lipinski definition) is 1. The molecule has 3 heteroatoms. The van der Waals surface area contributed by atoms with Crippen molar-refractivity contribution in [3.8, 4) is 0 Å². The third kappa shape index (κ3) is 3.70. The summed E-state index contributed by atoms with van der Waals surface area (Å²) in [5.41, 5.74) is 5.52. The van der Waals surface area contributed by atoms with Gasteiger partial charge in [0.1, 0.15) is 0 Å². The zero-order valence-corrected chi connectivity index (χ0v) is 11.2. The summed E-state index contributed by atoms with van der Waals surface area (Å²) in [6.45, 7) is 5.88. The molecule has 0 saturated heterocycles. The minimum absolute atomic E-state index is 0.179. The van der Waals surface area contributed by atoms with Gasteiger partial charge in [-0.3, -0.25) is 4.79 Å². The molecule has 17 heavy (non-hydrogen) atoms. The van der Waals surface area contributed by atoms with Gasteiger partial charge in [-0.25, -0.2) is 0 Å². The van der Waals surface area contributed by atoms with Crippen LogP contribution >= 0.6 is 0 Å². The van der Waals surface area contributed by atoms with Crippen LogP contribution in [-0.2, 0) is 4.79 Å². The molecule has 98 valence electrons. The minimum atomic E-state index is -0.654. The van der Waals surface area contributed by atoms with Gasteiger partial charge in [0.05, 0.1) is 5.54 Å². The fraction of sp³-hybridized carbons (Fsp3) is 0.929. The molecule has 0 bridgehead atoms. The summed E-state index contributed by atoms with van der Waals surface area (Å²) in [7, 11) is 0. The Morgan fingerprint density at radius 3 is 2.06 bits per heavy atom. The highest BCUT2D eigenvalue weighted by Crippen LogP contribution is 2.34. The van der Waals surface area contributed by atoms with Crippen LogP contribution in [0, 0.1) is 11.8 Å². The van der Waals surface area contributed by atoms with Crippen molar-refractivity contribution in [1.29, 1.82) is 0 Å². The second kappa shape index (κ2) is 4.97. The van der Waals surface area contributed by atoms with E-state index in [0.29, 0.717) is 0 Å². The number of nitrogens with zero attached hydrogens (tertiary/aromatic N) is 1. The van der Waals surface area contributed by atoms with Gasteiger partial charge in [-0.15, -0.1) is 0 Å². The minimum Gasteiger partial charge on any atom is -0.341 e. The van der Waals surface area contributed by atoms with Crippen molar-refractivity contribution in [1.82, 2.24) is 4.90 Å². The molecule has 0 aromatic heterocycles. The second-order valence-electron chi connectivity index (χ2n) is 6.26. The van der Waals surface area contributed by atoms with E-state index >= 15 is 0 Å². The van der Waals surface area contributed by atoms with Crippen molar-refractivity contribution >= 4 is 5.91 Å². The fourth-order valence-electron chi connectivity index (χ4n) is 2.45. The second-order valence-corrected chi connectivity index (χ2v) is 6.26. The van der Waals surface area contributed by atoms with Crippen molar-refractivity contribution in [2.24, 2.45) is 17.6 Å². The van der Waals surface area contributed by atoms with Gasteiger partial charge in [0.2, 0.25) is 5.91 Å². The zero-order chi connectivity index (χ0) is 12.5. The molecule has 1 atom stereocenters. The van der Waals surface area contributed by atoms with Crippen LogP contribution in [-0.4, -0.2) is 29.4 Å². The van der Waals surface area contributed by atoms with Crippen LogP contribution in [0.25, 0.3) is 0 Å². The first-order chi connectivity index (χ1) is 8.03. The molecule has 0 radical (unpaired) electrons. The maximum absolute atomic E-state index is 12.5. The lowest BCUT2D eigenvalue weighted by Crippen LogP contribution is -2.54. The number of hydrogen-bond acceptors (Lipinski definition) is 2. The van der Waals surface area contributed by atoms with Crippen LogP contribution < -0.4 is 5.73 Å². The third-order valence-corrected chi connectivity index (χ3v) is 3.90. The molecular formula is C14H26N2O. The van der Waals surface area contributed by atoms with Gasteiger partial charge in [-0.2, -0.15) is 0 Å². The van der Waals surface area contributed by atoms with E-state index in [-0.39, 0.29) is 5.91 Å². The van der Waals surface area contributed by atoms with Crippen LogP contribution in [0.1, 0.15) is 52.4 Å². The zero-order valence-electron chi connectivity index (χ0n) is 11.2. The molecule has 0 aliphatic heterocycles. The van der Waals surface area contributed by atoms with E-state index in [1.807, 2.05) is 6.92 Å². The summed E-state index contributed by atoms with van der Waals surface area (Å²) < 4.78 is 0. The number of carbonyl (C=O) groups is 1. The van der Waals surface area contributed by atoms with E-state index in [1.54, 1.807) is 0 Å². The lowest BCUT2D eigenvalue weighted by Gasteiger charge is -2.32. The van der Waals surface area contributed by atoms with Gasteiger partial charge in [0.25, 0.3) is 0 Å². The molecule has 2 saturated carbocycles. The van der Waals surface area contributed by atoms with Gasteiger partial charge in [-0.05, 0) is 50.9 Å². The van der Waals surface area contributed by atoms with Crippen LogP contribution in [0.15, 0.2) is 0 Å². The Kier molecular flexibility index (Phi) is 3.76. The molecule has 2 aliphatic rings. The van der Waals surface area contributed by atoms with Crippen LogP contribution in [0.4, 0.5) is 0 Å². The summed E-state index contributed by atoms with van der Waals surface area (Å²) in [4.78, 5) is 14.5. The highest BCUT2D eigenvalue weighted by Gasteiger charge is 2.37. The predicted molar refractivity (Wildman–Crippen MR) is 69.5 cm³/mol. The molecular weight excluding hydrogens is 212 g/mol. The Balaban J connectivity index is 1.93. The number of rotatable bonds is 7. The molecule has 0 aromatic rings. The highest BCUT2D eigenvalue weighted by molar-refractivity contribution is 5.85. The molecule has 2 N–H and O–H groups in total. The van der Waals surface area contributed by atoms with Crippen LogP contribution in [0.3, 0.4) is 0 Å². The predicted octanol–water partition coefficient (Wildman–Crippen LogP) is 2.15. The Labute approximate surface area is 105 Å². The molecule has 3 nitrogen and oxygen atoms in total.